The molecule has 0 aliphatic heterocycles. The van der Waals surface area contributed by atoms with Gasteiger partial charge in [-0.3, -0.25) is 0 Å². The number of aryl methyl sites for hydroxylation is 1. The van der Waals surface area contributed by atoms with Crippen molar-refractivity contribution >= 4 is 22.6 Å². The van der Waals surface area contributed by atoms with Crippen LogP contribution in [0.15, 0.2) is 18.2 Å². The molecule has 98 valence electrons. The first-order valence-electron chi connectivity index (χ1n) is 6.50. The van der Waals surface area contributed by atoms with Crippen LogP contribution in [0.2, 0.25) is 5.02 Å². The van der Waals surface area contributed by atoms with Crippen molar-refractivity contribution in [1.29, 1.82) is 0 Å². The number of fused-ring (bicyclic) bond motifs is 1. The Bertz CT molecular complexity index is 529. The predicted molar refractivity (Wildman–Crippen MR) is 77.3 cm³/mol. The van der Waals surface area contributed by atoms with E-state index in [-0.39, 0.29) is 0 Å². The lowest BCUT2D eigenvalue weighted by Crippen LogP contribution is -2.27. The smallest absolute Gasteiger partial charge is 0.106 e. The van der Waals surface area contributed by atoms with Crippen molar-refractivity contribution in [3.63, 3.8) is 0 Å². The average Bonchev–Trinajstić information content (AvgIpc) is 2.66. The van der Waals surface area contributed by atoms with Gasteiger partial charge in [0.2, 0.25) is 0 Å². The molecular weight excluding hydrogens is 246 g/mol. The third-order valence-corrected chi connectivity index (χ3v) is 3.67. The molecule has 0 atom stereocenters. The fourth-order valence-electron chi connectivity index (χ4n) is 2.28. The summed E-state index contributed by atoms with van der Waals surface area (Å²) in [4.78, 5) is 6.98. The lowest BCUT2D eigenvalue weighted by Gasteiger charge is -2.18. The average molecular weight is 266 g/mol. The summed E-state index contributed by atoms with van der Waals surface area (Å²) in [7, 11) is 0. The first-order valence-corrected chi connectivity index (χ1v) is 6.88. The number of imidazole rings is 1. The number of hydrogen-bond acceptors (Lipinski definition) is 2. The van der Waals surface area contributed by atoms with Gasteiger partial charge in [0.15, 0.2) is 0 Å². The Morgan fingerprint density at radius 3 is 2.67 bits per heavy atom. The maximum absolute atomic E-state index is 6.07. The summed E-state index contributed by atoms with van der Waals surface area (Å²) in [5.41, 5.74) is 2.16. The van der Waals surface area contributed by atoms with Crippen molar-refractivity contribution < 1.29 is 0 Å². The number of benzene rings is 1. The zero-order chi connectivity index (χ0) is 13.1. The van der Waals surface area contributed by atoms with Gasteiger partial charge in [-0.15, -0.1) is 0 Å². The van der Waals surface area contributed by atoms with Gasteiger partial charge >= 0.3 is 0 Å². The van der Waals surface area contributed by atoms with Crippen LogP contribution in [-0.4, -0.2) is 34.1 Å². The first kappa shape index (κ1) is 13.4. The molecule has 0 amide bonds. The minimum absolute atomic E-state index is 0.770. The highest BCUT2D eigenvalue weighted by atomic mass is 35.5. The van der Waals surface area contributed by atoms with Crippen LogP contribution in [0, 0.1) is 6.92 Å². The molecule has 0 aliphatic rings. The highest BCUT2D eigenvalue weighted by molar-refractivity contribution is 6.31. The molecular formula is C14H20ClN3. The topological polar surface area (TPSA) is 21.1 Å². The monoisotopic (exact) mass is 265 g/mol. The molecule has 1 aromatic carbocycles. The third kappa shape index (κ3) is 2.68. The molecule has 0 bridgehead atoms. The second kappa shape index (κ2) is 5.72. The quantitative estimate of drug-likeness (QED) is 0.827. The summed E-state index contributed by atoms with van der Waals surface area (Å²) in [6, 6.07) is 5.88. The molecule has 2 rings (SSSR count). The van der Waals surface area contributed by atoms with Crippen LogP contribution in [-0.2, 0) is 6.54 Å². The molecule has 1 aromatic heterocycles. The fourth-order valence-corrected chi connectivity index (χ4v) is 2.45. The van der Waals surface area contributed by atoms with Crippen molar-refractivity contribution in [2.75, 3.05) is 19.6 Å². The lowest BCUT2D eigenvalue weighted by atomic mass is 10.3. The summed E-state index contributed by atoms with van der Waals surface area (Å²) < 4.78 is 2.25. The van der Waals surface area contributed by atoms with E-state index in [1.54, 1.807) is 0 Å². The van der Waals surface area contributed by atoms with Crippen LogP contribution in [0.25, 0.3) is 11.0 Å². The van der Waals surface area contributed by atoms with Gasteiger partial charge in [-0.2, -0.15) is 0 Å². The summed E-state index contributed by atoms with van der Waals surface area (Å²) in [5, 5.41) is 0.770. The summed E-state index contributed by atoms with van der Waals surface area (Å²) in [5.74, 6) is 1.06. The van der Waals surface area contributed by atoms with Crippen LogP contribution >= 0.6 is 11.6 Å². The Morgan fingerprint density at radius 2 is 2.00 bits per heavy atom. The standard InChI is InChI=1S/C14H20ClN3/c1-4-17(5-2)8-9-18-11(3)16-13-7-6-12(15)10-14(13)18/h6-7,10H,4-5,8-9H2,1-3H3. The van der Waals surface area contributed by atoms with Crippen molar-refractivity contribution in [2.45, 2.75) is 27.3 Å². The van der Waals surface area contributed by atoms with Gasteiger partial charge in [0, 0.05) is 18.1 Å². The van der Waals surface area contributed by atoms with Gasteiger partial charge in [-0.25, -0.2) is 4.98 Å². The fraction of sp³-hybridized carbons (Fsp3) is 0.500. The molecule has 0 spiro atoms. The summed E-state index contributed by atoms with van der Waals surface area (Å²) in [6.07, 6.45) is 0. The summed E-state index contributed by atoms with van der Waals surface area (Å²) in [6.45, 7) is 10.6. The molecule has 3 nitrogen and oxygen atoms in total. The molecule has 4 heteroatoms. The minimum Gasteiger partial charge on any atom is -0.327 e. The molecule has 0 N–H and O–H groups in total. The highest BCUT2D eigenvalue weighted by Crippen LogP contribution is 2.20. The van der Waals surface area contributed by atoms with Gasteiger partial charge in [0.25, 0.3) is 0 Å². The van der Waals surface area contributed by atoms with E-state index in [1.165, 1.54) is 0 Å². The Labute approximate surface area is 113 Å². The number of nitrogens with zero attached hydrogens (tertiary/aromatic N) is 3. The van der Waals surface area contributed by atoms with E-state index in [0.717, 1.165) is 48.1 Å². The van der Waals surface area contributed by atoms with E-state index in [1.807, 2.05) is 18.2 Å². The zero-order valence-corrected chi connectivity index (χ0v) is 12.0. The van der Waals surface area contributed by atoms with Crippen LogP contribution in [0.5, 0.6) is 0 Å². The van der Waals surface area contributed by atoms with Crippen LogP contribution in [0.3, 0.4) is 0 Å². The minimum atomic E-state index is 0.770. The van der Waals surface area contributed by atoms with Crippen molar-refractivity contribution in [1.82, 2.24) is 14.5 Å². The Morgan fingerprint density at radius 1 is 1.28 bits per heavy atom. The lowest BCUT2D eigenvalue weighted by molar-refractivity contribution is 0.291. The van der Waals surface area contributed by atoms with Crippen LogP contribution in [0.4, 0.5) is 0 Å². The maximum atomic E-state index is 6.07. The molecule has 18 heavy (non-hydrogen) atoms. The zero-order valence-electron chi connectivity index (χ0n) is 11.3. The molecule has 0 saturated heterocycles. The third-order valence-electron chi connectivity index (χ3n) is 3.44. The molecule has 0 fully saturated rings. The Balaban J connectivity index is 2.26. The predicted octanol–water partition coefficient (Wildman–Crippen LogP) is 3.34. The SMILES string of the molecule is CCN(CC)CCn1c(C)nc2ccc(Cl)cc21. The Hall–Kier alpha value is -1.06. The van der Waals surface area contributed by atoms with Gasteiger partial charge in [-0.05, 0) is 38.2 Å². The molecule has 0 unspecified atom stereocenters. The highest BCUT2D eigenvalue weighted by Gasteiger charge is 2.08. The van der Waals surface area contributed by atoms with Gasteiger partial charge in [-0.1, -0.05) is 25.4 Å². The van der Waals surface area contributed by atoms with Crippen molar-refractivity contribution in [3.8, 4) is 0 Å². The van der Waals surface area contributed by atoms with E-state index >= 15 is 0 Å². The molecule has 0 radical (unpaired) electrons. The number of rotatable bonds is 5. The van der Waals surface area contributed by atoms with Gasteiger partial charge in [0.05, 0.1) is 11.0 Å². The molecule has 2 aromatic rings. The van der Waals surface area contributed by atoms with Crippen molar-refractivity contribution in [2.24, 2.45) is 0 Å². The Kier molecular flexibility index (Phi) is 4.25. The molecule has 0 saturated carbocycles. The van der Waals surface area contributed by atoms with E-state index in [2.05, 4.69) is 35.2 Å². The second-order valence-electron chi connectivity index (χ2n) is 4.47. The van der Waals surface area contributed by atoms with Crippen molar-refractivity contribution in [3.05, 3.63) is 29.0 Å². The normalized spacial score (nSPS) is 11.6. The second-order valence-corrected chi connectivity index (χ2v) is 4.91. The number of aromatic nitrogens is 2. The molecule has 0 aliphatic carbocycles. The number of likely N-dealkylation sites (N-methyl/N-ethyl adjacent to an activating group) is 1. The van der Waals surface area contributed by atoms with E-state index in [0.29, 0.717) is 0 Å². The van der Waals surface area contributed by atoms with E-state index in [4.69, 9.17) is 11.6 Å². The van der Waals surface area contributed by atoms with Crippen LogP contribution in [0.1, 0.15) is 19.7 Å². The summed E-state index contributed by atoms with van der Waals surface area (Å²) >= 11 is 6.07. The number of halogens is 1. The molecule has 1 heterocycles. The largest absolute Gasteiger partial charge is 0.327 e. The van der Waals surface area contributed by atoms with E-state index in [9.17, 15) is 0 Å². The first-order chi connectivity index (χ1) is 8.65. The maximum Gasteiger partial charge on any atom is 0.106 e. The van der Waals surface area contributed by atoms with Crippen LogP contribution < -0.4 is 0 Å². The van der Waals surface area contributed by atoms with Gasteiger partial charge in [0.1, 0.15) is 5.82 Å². The van der Waals surface area contributed by atoms with Gasteiger partial charge < -0.3 is 9.47 Å². The number of hydrogen-bond donors (Lipinski definition) is 0. The van der Waals surface area contributed by atoms with E-state index < -0.39 is 0 Å².